The molecule has 17 heavy (non-hydrogen) atoms. The Kier molecular flexibility index (Phi) is 6.80. The molecule has 100 valence electrons. The zero-order chi connectivity index (χ0) is 13.5. The molecule has 0 amide bonds. The van der Waals surface area contributed by atoms with Gasteiger partial charge in [-0.15, -0.1) is 0 Å². The molecule has 0 aliphatic carbocycles. The summed E-state index contributed by atoms with van der Waals surface area (Å²) in [6.07, 6.45) is -0.742. The Hall–Kier alpha value is -1.10. The molecule has 1 N–H and O–H groups in total. The molecule has 0 saturated carbocycles. The molecule has 0 spiro atoms. The molecule has 0 saturated heterocycles. The number of carbonyl (C=O) groups excluding carboxylic acids is 2. The van der Waals surface area contributed by atoms with Gasteiger partial charge in [-0.05, 0) is 18.4 Å². The van der Waals surface area contributed by atoms with Crippen LogP contribution in [0.15, 0.2) is 0 Å². The second-order valence-electron chi connectivity index (χ2n) is 5.30. The number of carbonyl (C=O) groups is 2. The Morgan fingerprint density at radius 3 is 2.35 bits per heavy atom. The van der Waals surface area contributed by atoms with Crippen LogP contribution in [0.5, 0.6) is 0 Å². The average molecular weight is 245 g/mol. The standard InChI is InChI=1S/C12H23NO4/c1-9(2)7-16-11(15)17-10(14)6-12(3,4)8-13-5/h9,13H,6-8H2,1-5H3. The number of ether oxygens (including phenoxy) is 2. The van der Waals surface area contributed by atoms with E-state index in [2.05, 4.69) is 10.1 Å². The van der Waals surface area contributed by atoms with Crippen LogP contribution in [0.1, 0.15) is 34.1 Å². The lowest BCUT2D eigenvalue weighted by Gasteiger charge is -2.22. The quantitative estimate of drug-likeness (QED) is 0.572. The van der Waals surface area contributed by atoms with Gasteiger partial charge >= 0.3 is 12.1 Å². The van der Waals surface area contributed by atoms with Gasteiger partial charge in [0.1, 0.15) is 0 Å². The summed E-state index contributed by atoms with van der Waals surface area (Å²) in [5, 5.41) is 2.98. The van der Waals surface area contributed by atoms with Gasteiger partial charge in [0.25, 0.3) is 0 Å². The lowest BCUT2D eigenvalue weighted by Crippen LogP contribution is -2.30. The highest BCUT2D eigenvalue weighted by Crippen LogP contribution is 2.19. The van der Waals surface area contributed by atoms with Crippen LogP contribution < -0.4 is 5.32 Å². The second kappa shape index (κ2) is 7.27. The second-order valence-corrected chi connectivity index (χ2v) is 5.30. The molecular formula is C12H23NO4. The molecule has 0 aliphatic heterocycles. The first-order valence-corrected chi connectivity index (χ1v) is 5.79. The van der Waals surface area contributed by atoms with Crippen LogP contribution >= 0.6 is 0 Å². The smallest absolute Gasteiger partial charge is 0.434 e. The molecule has 5 heteroatoms. The van der Waals surface area contributed by atoms with E-state index in [0.29, 0.717) is 6.54 Å². The van der Waals surface area contributed by atoms with Crippen LogP contribution in [0.4, 0.5) is 4.79 Å². The Morgan fingerprint density at radius 1 is 1.29 bits per heavy atom. The summed E-state index contributed by atoms with van der Waals surface area (Å²) < 4.78 is 9.31. The average Bonchev–Trinajstić information content (AvgIpc) is 2.13. The molecule has 0 unspecified atom stereocenters. The lowest BCUT2D eigenvalue weighted by molar-refractivity contribution is -0.142. The van der Waals surface area contributed by atoms with Crippen LogP contribution in [0.25, 0.3) is 0 Å². The van der Waals surface area contributed by atoms with Crippen molar-refractivity contribution in [1.29, 1.82) is 0 Å². The number of rotatable bonds is 6. The summed E-state index contributed by atoms with van der Waals surface area (Å²) in [6.45, 7) is 8.58. The van der Waals surface area contributed by atoms with E-state index in [1.165, 1.54) is 0 Å². The summed E-state index contributed by atoms with van der Waals surface area (Å²) in [5.41, 5.74) is -0.246. The van der Waals surface area contributed by atoms with E-state index in [-0.39, 0.29) is 24.4 Å². The molecule has 5 nitrogen and oxygen atoms in total. The highest BCUT2D eigenvalue weighted by molar-refractivity contribution is 5.82. The van der Waals surface area contributed by atoms with E-state index in [0.717, 1.165) is 0 Å². The van der Waals surface area contributed by atoms with Crippen LogP contribution in [0.3, 0.4) is 0 Å². The van der Waals surface area contributed by atoms with E-state index < -0.39 is 12.1 Å². The Bertz CT molecular complexity index is 261. The van der Waals surface area contributed by atoms with Crippen LogP contribution in [0.2, 0.25) is 0 Å². The van der Waals surface area contributed by atoms with Gasteiger partial charge in [-0.3, -0.25) is 4.79 Å². The number of hydrogen-bond acceptors (Lipinski definition) is 5. The summed E-state index contributed by atoms with van der Waals surface area (Å²) in [5.74, 6) is -0.336. The largest absolute Gasteiger partial charge is 0.516 e. The van der Waals surface area contributed by atoms with Crippen molar-refractivity contribution in [1.82, 2.24) is 5.32 Å². The minimum Gasteiger partial charge on any atom is -0.434 e. The van der Waals surface area contributed by atoms with Crippen molar-refractivity contribution >= 4 is 12.1 Å². The number of nitrogens with one attached hydrogen (secondary N) is 1. The fourth-order valence-electron chi connectivity index (χ4n) is 1.32. The minimum absolute atomic E-state index is 0.171. The van der Waals surface area contributed by atoms with Gasteiger partial charge in [0.05, 0.1) is 13.0 Å². The van der Waals surface area contributed by atoms with Gasteiger partial charge in [0.15, 0.2) is 0 Å². The predicted molar refractivity (Wildman–Crippen MR) is 64.6 cm³/mol. The third-order valence-corrected chi connectivity index (χ3v) is 2.01. The van der Waals surface area contributed by atoms with Crippen molar-refractivity contribution < 1.29 is 19.1 Å². The summed E-state index contributed by atoms with van der Waals surface area (Å²) in [4.78, 5) is 22.6. The number of esters is 1. The van der Waals surface area contributed by atoms with Gasteiger partial charge in [0, 0.05) is 6.54 Å². The summed E-state index contributed by atoms with van der Waals surface area (Å²) in [6, 6.07) is 0. The molecule has 0 atom stereocenters. The van der Waals surface area contributed by atoms with Crippen molar-refractivity contribution in [3.8, 4) is 0 Å². The third kappa shape index (κ3) is 8.68. The Balaban J connectivity index is 3.97. The van der Waals surface area contributed by atoms with Gasteiger partial charge in [0.2, 0.25) is 0 Å². The van der Waals surface area contributed by atoms with Crippen molar-refractivity contribution in [2.45, 2.75) is 34.1 Å². The summed E-state index contributed by atoms with van der Waals surface area (Å²) in [7, 11) is 1.81. The highest BCUT2D eigenvalue weighted by Gasteiger charge is 2.24. The maximum absolute atomic E-state index is 11.4. The Labute approximate surface area is 103 Å². The first-order valence-electron chi connectivity index (χ1n) is 5.79. The van der Waals surface area contributed by atoms with Crippen molar-refractivity contribution in [3.05, 3.63) is 0 Å². The van der Waals surface area contributed by atoms with E-state index in [1.54, 1.807) is 0 Å². The molecule has 0 rings (SSSR count). The molecule has 0 fully saturated rings. The topological polar surface area (TPSA) is 64.6 Å². The molecule has 0 aromatic carbocycles. The predicted octanol–water partition coefficient (Wildman–Crippen LogP) is 1.96. The molecule has 0 radical (unpaired) electrons. The van der Waals surface area contributed by atoms with Crippen molar-refractivity contribution in [3.63, 3.8) is 0 Å². The normalized spacial score (nSPS) is 11.4. The maximum atomic E-state index is 11.4. The van der Waals surface area contributed by atoms with Gasteiger partial charge in [-0.25, -0.2) is 4.79 Å². The summed E-state index contributed by atoms with van der Waals surface area (Å²) >= 11 is 0. The van der Waals surface area contributed by atoms with Crippen molar-refractivity contribution in [2.75, 3.05) is 20.2 Å². The third-order valence-electron chi connectivity index (χ3n) is 2.01. The lowest BCUT2D eigenvalue weighted by atomic mass is 9.89. The Morgan fingerprint density at radius 2 is 1.88 bits per heavy atom. The fourth-order valence-corrected chi connectivity index (χ4v) is 1.32. The van der Waals surface area contributed by atoms with E-state index in [4.69, 9.17) is 4.74 Å². The van der Waals surface area contributed by atoms with Gasteiger partial charge in [-0.1, -0.05) is 27.7 Å². The van der Waals surface area contributed by atoms with Crippen LogP contribution in [-0.4, -0.2) is 32.3 Å². The van der Waals surface area contributed by atoms with Crippen molar-refractivity contribution in [2.24, 2.45) is 11.3 Å². The molecular weight excluding hydrogens is 222 g/mol. The van der Waals surface area contributed by atoms with E-state index in [1.807, 2.05) is 34.7 Å². The zero-order valence-electron chi connectivity index (χ0n) is 11.3. The molecule has 0 aliphatic rings. The monoisotopic (exact) mass is 245 g/mol. The van der Waals surface area contributed by atoms with E-state index in [9.17, 15) is 9.59 Å². The highest BCUT2D eigenvalue weighted by atomic mass is 16.7. The van der Waals surface area contributed by atoms with E-state index >= 15 is 0 Å². The first-order chi connectivity index (χ1) is 7.76. The molecule has 0 aromatic rings. The van der Waals surface area contributed by atoms with Crippen LogP contribution in [0, 0.1) is 11.3 Å². The number of hydrogen-bond donors (Lipinski definition) is 1. The van der Waals surface area contributed by atoms with Gasteiger partial charge < -0.3 is 14.8 Å². The maximum Gasteiger partial charge on any atom is 0.516 e. The van der Waals surface area contributed by atoms with Gasteiger partial charge in [-0.2, -0.15) is 0 Å². The molecule has 0 bridgehead atoms. The molecule has 0 aromatic heterocycles. The fraction of sp³-hybridized carbons (Fsp3) is 0.833. The molecule has 0 heterocycles. The SMILES string of the molecule is CNCC(C)(C)CC(=O)OC(=O)OCC(C)C. The van der Waals surface area contributed by atoms with Crippen LogP contribution in [-0.2, 0) is 14.3 Å². The first kappa shape index (κ1) is 15.9. The minimum atomic E-state index is -0.913. The zero-order valence-corrected chi connectivity index (χ0v) is 11.3.